The number of likely N-dealkylation sites (tertiary alicyclic amines) is 1. The average Bonchev–Trinajstić information content (AvgIpc) is 3.09. The Morgan fingerprint density at radius 3 is 2.80 bits per heavy atom. The summed E-state index contributed by atoms with van der Waals surface area (Å²) in [6, 6.07) is 8.11. The van der Waals surface area contributed by atoms with Crippen LogP contribution in [0.3, 0.4) is 0 Å². The highest BCUT2D eigenvalue weighted by Crippen LogP contribution is 2.28. The van der Waals surface area contributed by atoms with Crippen molar-refractivity contribution in [1.29, 1.82) is 0 Å². The molecule has 0 atom stereocenters. The van der Waals surface area contributed by atoms with Crippen LogP contribution in [-0.4, -0.2) is 28.8 Å². The van der Waals surface area contributed by atoms with E-state index in [0.717, 1.165) is 31.5 Å². The first-order chi connectivity index (χ1) is 12.0. The van der Waals surface area contributed by atoms with E-state index in [1.165, 1.54) is 17.4 Å². The fraction of sp³-hybridized carbons (Fsp3) is 0.389. The first-order valence-corrected chi connectivity index (χ1v) is 9.15. The van der Waals surface area contributed by atoms with Gasteiger partial charge in [-0.15, -0.1) is 11.3 Å². The molecule has 1 fully saturated rings. The van der Waals surface area contributed by atoms with E-state index in [9.17, 15) is 14.9 Å². The Bertz CT molecular complexity index is 766. The molecule has 25 heavy (non-hydrogen) atoms. The number of ether oxygens (including phenoxy) is 1. The van der Waals surface area contributed by atoms with Crippen molar-refractivity contribution in [2.24, 2.45) is 5.92 Å². The van der Waals surface area contributed by atoms with Crippen LogP contribution in [0.2, 0.25) is 0 Å². The second kappa shape index (κ2) is 7.65. The number of hydrogen-bond acceptors (Lipinski definition) is 5. The van der Waals surface area contributed by atoms with E-state index in [0.29, 0.717) is 10.8 Å². The molecule has 0 spiro atoms. The molecular weight excluding hydrogens is 340 g/mol. The highest BCUT2D eigenvalue weighted by Gasteiger charge is 2.22. The van der Waals surface area contributed by atoms with Gasteiger partial charge in [0.25, 0.3) is 5.91 Å². The van der Waals surface area contributed by atoms with Crippen molar-refractivity contribution in [1.82, 2.24) is 4.90 Å². The molecule has 2 heterocycles. The number of nitro groups is 1. The van der Waals surface area contributed by atoms with Gasteiger partial charge in [0.15, 0.2) is 5.75 Å². The minimum Gasteiger partial charge on any atom is -0.482 e. The van der Waals surface area contributed by atoms with Crippen LogP contribution in [0.1, 0.15) is 35.0 Å². The lowest BCUT2D eigenvalue weighted by Gasteiger charge is -2.29. The summed E-state index contributed by atoms with van der Waals surface area (Å²) in [4.78, 5) is 25.7. The Morgan fingerprint density at radius 1 is 1.36 bits per heavy atom. The summed E-state index contributed by atoms with van der Waals surface area (Å²) < 4.78 is 5.58. The Kier molecular flexibility index (Phi) is 5.33. The van der Waals surface area contributed by atoms with Crippen LogP contribution < -0.4 is 4.74 Å². The molecule has 2 aromatic rings. The molecule has 6 nitrogen and oxygen atoms in total. The molecule has 1 aromatic heterocycles. The molecule has 1 saturated heterocycles. The van der Waals surface area contributed by atoms with Gasteiger partial charge < -0.3 is 9.64 Å². The number of hydrogen-bond donors (Lipinski definition) is 0. The maximum absolute atomic E-state index is 12.5. The highest BCUT2D eigenvalue weighted by atomic mass is 32.1. The SMILES string of the molecule is CC1CCN(C(=O)c2cc(COc3ccccc3[N+](=O)[O-])cs2)CC1. The lowest BCUT2D eigenvalue weighted by molar-refractivity contribution is -0.385. The maximum Gasteiger partial charge on any atom is 0.310 e. The van der Waals surface area contributed by atoms with Crippen LogP contribution in [0.4, 0.5) is 5.69 Å². The quantitative estimate of drug-likeness (QED) is 0.594. The number of rotatable bonds is 5. The zero-order valence-corrected chi connectivity index (χ0v) is 14.8. The van der Waals surface area contributed by atoms with Crippen LogP contribution in [0.25, 0.3) is 0 Å². The molecule has 3 rings (SSSR count). The minimum atomic E-state index is -0.463. The van der Waals surface area contributed by atoms with Crippen molar-refractivity contribution in [3.63, 3.8) is 0 Å². The van der Waals surface area contributed by atoms with Gasteiger partial charge in [-0.1, -0.05) is 19.1 Å². The lowest BCUT2D eigenvalue weighted by Crippen LogP contribution is -2.37. The van der Waals surface area contributed by atoms with Gasteiger partial charge in [0.05, 0.1) is 9.80 Å². The van der Waals surface area contributed by atoms with Crippen LogP contribution in [0, 0.1) is 16.0 Å². The topological polar surface area (TPSA) is 72.7 Å². The smallest absolute Gasteiger partial charge is 0.310 e. The molecule has 0 bridgehead atoms. The molecule has 1 aliphatic rings. The Labute approximate surface area is 150 Å². The Morgan fingerprint density at radius 2 is 2.08 bits per heavy atom. The van der Waals surface area contributed by atoms with Gasteiger partial charge in [-0.25, -0.2) is 0 Å². The fourth-order valence-corrected chi connectivity index (χ4v) is 3.69. The largest absolute Gasteiger partial charge is 0.482 e. The van der Waals surface area contributed by atoms with Gasteiger partial charge in [0.1, 0.15) is 6.61 Å². The second-order valence-electron chi connectivity index (χ2n) is 6.31. The summed E-state index contributed by atoms with van der Waals surface area (Å²) >= 11 is 1.39. The third kappa shape index (κ3) is 4.17. The molecule has 1 aliphatic heterocycles. The normalized spacial score (nSPS) is 15.2. The van der Waals surface area contributed by atoms with Crippen molar-refractivity contribution in [3.05, 3.63) is 56.3 Å². The first kappa shape index (κ1) is 17.4. The number of thiophene rings is 1. The van der Waals surface area contributed by atoms with Gasteiger partial charge in [-0.2, -0.15) is 0 Å². The predicted octanol–water partition coefficient (Wildman–Crippen LogP) is 4.11. The molecule has 0 radical (unpaired) electrons. The molecule has 1 aromatic carbocycles. The van der Waals surface area contributed by atoms with Crippen LogP contribution in [0.15, 0.2) is 35.7 Å². The zero-order chi connectivity index (χ0) is 17.8. The number of piperidine rings is 1. The Balaban J connectivity index is 1.62. The van der Waals surface area contributed by atoms with Crippen molar-refractivity contribution in [2.45, 2.75) is 26.4 Å². The molecule has 7 heteroatoms. The number of benzene rings is 1. The third-order valence-electron chi connectivity index (χ3n) is 4.39. The summed E-state index contributed by atoms with van der Waals surface area (Å²) in [5.74, 6) is 0.975. The average molecular weight is 360 g/mol. The van der Waals surface area contributed by atoms with Crippen molar-refractivity contribution in [3.8, 4) is 5.75 Å². The highest BCUT2D eigenvalue weighted by molar-refractivity contribution is 7.12. The summed E-state index contributed by atoms with van der Waals surface area (Å²) in [7, 11) is 0. The summed E-state index contributed by atoms with van der Waals surface area (Å²) in [6.07, 6.45) is 2.09. The molecule has 0 saturated carbocycles. The predicted molar refractivity (Wildman–Crippen MR) is 96.0 cm³/mol. The number of nitrogens with zero attached hydrogens (tertiary/aromatic N) is 2. The maximum atomic E-state index is 12.5. The number of carbonyl (C=O) groups excluding carboxylic acids is 1. The number of amides is 1. The van der Waals surface area contributed by atoms with E-state index in [-0.39, 0.29) is 24.0 Å². The van der Waals surface area contributed by atoms with Crippen LogP contribution in [0.5, 0.6) is 5.75 Å². The van der Waals surface area contributed by atoms with Crippen molar-refractivity contribution >= 4 is 22.9 Å². The van der Waals surface area contributed by atoms with E-state index in [2.05, 4.69) is 6.92 Å². The van der Waals surface area contributed by atoms with Gasteiger partial charge in [-0.3, -0.25) is 14.9 Å². The van der Waals surface area contributed by atoms with Crippen molar-refractivity contribution in [2.75, 3.05) is 13.1 Å². The van der Waals surface area contributed by atoms with E-state index < -0.39 is 4.92 Å². The van der Waals surface area contributed by atoms with E-state index >= 15 is 0 Å². The van der Waals surface area contributed by atoms with Crippen LogP contribution in [-0.2, 0) is 6.61 Å². The first-order valence-electron chi connectivity index (χ1n) is 8.27. The molecule has 0 N–H and O–H groups in total. The Hall–Kier alpha value is -2.41. The minimum absolute atomic E-state index is 0.0588. The molecule has 0 unspecified atom stereocenters. The summed E-state index contributed by atoms with van der Waals surface area (Å²) in [5.41, 5.74) is 0.786. The van der Waals surface area contributed by atoms with Gasteiger partial charge in [0.2, 0.25) is 0 Å². The van der Waals surface area contributed by atoms with Gasteiger partial charge in [-0.05, 0) is 36.3 Å². The summed E-state index contributed by atoms with van der Waals surface area (Å²) in [6.45, 7) is 4.02. The monoisotopic (exact) mass is 360 g/mol. The number of para-hydroxylation sites is 2. The van der Waals surface area contributed by atoms with Gasteiger partial charge in [0, 0.05) is 24.7 Å². The molecule has 1 amide bonds. The van der Waals surface area contributed by atoms with E-state index in [4.69, 9.17) is 4.74 Å². The fourth-order valence-electron chi connectivity index (χ4n) is 2.82. The molecular formula is C18H20N2O4S. The standard InChI is InChI=1S/C18H20N2O4S/c1-13-6-8-19(9-7-13)18(21)17-10-14(12-25-17)11-24-16-5-3-2-4-15(16)20(22)23/h2-5,10,12-13H,6-9,11H2,1H3. The molecule has 132 valence electrons. The van der Waals surface area contributed by atoms with Crippen molar-refractivity contribution < 1.29 is 14.5 Å². The summed E-state index contributed by atoms with van der Waals surface area (Å²) in [5, 5.41) is 12.9. The second-order valence-corrected chi connectivity index (χ2v) is 7.22. The number of nitro benzene ring substituents is 1. The van der Waals surface area contributed by atoms with E-state index in [1.807, 2.05) is 16.3 Å². The lowest BCUT2D eigenvalue weighted by atomic mass is 9.99. The zero-order valence-electron chi connectivity index (χ0n) is 14.0. The third-order valence-corrected chi connectivity index (χ3v) is 5.36. The van der Waals surface area contributed by atoms with Crippen LogP contribution >= 0.6 is 11.3 Å². The van der Waals surface area contributed by atoms with E-state index in [1.54, 1.807) is 18.2 Å². The molecule has 0 aliphatic carbocycles. The van der Waals surface area contributed by atoms with Gasteiger partial charge >= 0.3 is 5.69 Å². The number of carbonyl (C=O) groups is 1.